The number of hydrogen-bond acceptors (Lipinski definition) is 4. The molecule has 0 aliphatic carbocycles. The lowest BCUT2D eigenvalue weighted by Crippen LogP contribution is -2.20. The molecule has 0 unspecified atom stereocenters. The van der Waals surface area contributed by atoms with Crippen molar-refractivity contribution in [1.82, 2.24) is 0 Å². The Bertz CT molecular complexity index is 779. The second kappa shape index (κ2) is 11.0. The third-order valence-electron chi connectivity index (χ3n) is 4.05. The average molecular weight is 421 g/mol. The van der Waals surface area contributed by atoms with Crippen molar-refractivity contribution in [2.75, 3.05) is 7.11 Å². The third kappa shape index (κ3) is 7.13. The van der Waals surface area contributed by atoms with Crippen molar-refractivity contribution in [3.8, 4) is 0 Å². The van der Waals surface area contributed by atoms with Gasteiger partial charge in [-0.05, 0) is 41.0 Å². The molecule has 0 spiro atoms. The van der Waals surface area contributed by atoms with Gasteiger partial charge in [0.2, 0.25) is 0 Å². The van der Waals surface area contributed by atoms with Crippen molar-refractivity contribution in [1.29, 1.82) is 0 Å². The van der Waals surface area contributed by atoms with Crippen LogP contribution in [0.4, 0.5) is 0 Å². The summed E-state index contributed by atoms with van der Waals surface area (Å²) in [6.45, 7) is 0. The van der Waals surface area contributed by atoms with E-state index in [0.717, 1.165) is 16.7 Å². The second-order valence-electron chi connectivity index (χ2n) is 6.22. The van der Waals surface area contributed by atoms with Gasteiger partial charge in [0.25, 0.3) is 0 Å². The lowest BCUT2D eigenvalue weighted by atomic mass is 9.97. The Labute approximate surface area is 174 Å². The zero-order valence-corrected chi connectivity index (χ0v) is 16.9. The molecule has 0 heterocycles. The molecule has 0 aliphatic heterocycles. The zero-order valence-electron chi connectivity index (χ0n) is 15.4. The predicted molar refractivity (Wildman–Crippen MR) is 112 cm³/mol. The van der Waals surface area contributed by atoms with Crippen LogP contribution in [0.2, 0.25) is 10.0 Å². The van der Waals surface area contributed by atoms with Crippen molar-refractivity contribution in [3.63, 3.8) is 0 Å². The number of benzene rings is 2. The highest BCUT2D eigenvalue weighted by atomic mass is 35.5. The minimum absolute atomic E-state index is 0.0384. The van der Waals surface area contributed by atoms with Crippen LogP contribution in [0, 0.1) is 0 Å². The molecule has 2 aromatic carbocycles. The number of halogens is 2. The monoisotopic (exact) mass is 420 g/mol. The van der Waals surface area contributed by atoms with E-state index >= 15 is 0 Å². The van der Waals surface area contributed by atoms with E-state index in [-0.39, 0.29) is 12.8 Å². The number of aliphatic hydroxyl groups excluding tert-OH is 2. The Balaban J connectivity index is 2.17. The van der Waals surface area contributed by atoms with Gasteiger partial charge in [0.1, 0.15) is 0 Å². The van der Waals surface area contributed by atoms with Gasteiger partial charge in [-0.3, -0.25) is 4.79 Å². The predicted octanol–water partition coefficient (Wildman–Crippen LogP) is 4.66. The number of hydrogen-bond donors (Lipinski definition) is 2. The maximum absolute atomic E-state index is 11.2. The van der Waals surface area contributed by atoms with Gasteiger partial charge in [-0.25, -0.2) is 0 Å². The normalized spacial score (nSPS) is 13.2. The maximum atomic E-state index is 11.2. The van der Waals surface area contributed by atoms with E-state index in [1.807, 2.05) is 54.6 Å². The summed E-state index contributed by atoms with van der Waals surface area (Å²) < 4.78 is 4.50. The highest BCUT2D eigenvalue weighted by molar-refractivity contribution is 6.31. The van der Waals surface area contributed by atoms with E-state index in [9.17, 15) is 15.0 Å². The number of aliphatic hydroxyl groups is 2. The van der Waals surface area contributed by atoms with Crippen LogP contribution < -0.4 is 0 Å². The van der Waals surface area contributed by atoms with E-state index in [0.29, 0.717) is 10.0 Å². The lowest BCUT2D eigenvalue weighted by molar-refractivity contribution is -0.143. The van der Waals surface area contributed by atoms with Crippen molar-refractivity contribution in [2.24, 2.45) is 0 Å². The van der Waals surface area contributed by atoms with Crippen molar-refractivity contribution >= 4 is 34.7 Å². The Morgan fingerprint density at radius 3 is 1.96 bits per heavy atom. The average Bonchev–Trinajstić information content (AvgIpc) is 2.67. The van der Waals surface area contributed by atoms with Crippen LogP contribution in [0.5, 0.6) is 0 Å². The summed E-state index contributed by atoms with van der Waals surface area (Å²) in [5.74, 6) is -0.517. The van der Waals surface area contributed by atoms with Crippen LogP contribution in [0.25, 0.3) is 5.57 Å². The number of carbonyl (C=O) groups is 1. The SMILES string of the molecule is COC(=O)C[C@H](O)C[C@H](O)/C=C/C=C(c1ccc(Cl)cc1)c1ccc(Cl)cc1. The summed E-state index contributed by atoms with van der Waals surface area (Å²) in [4.78, 5) is 11.2. The van der Waals surface area contributed by atoms with Gasteiger partial charge in [-0.15, -0.1) is 0 Å². The van der Waals surface area contributed by atoms with Crippen molar-refractivity contribution in [3.05, 3.63) is 87.9 Å². The third-order valence-corrected chi connectivity index (χ3v) is 4.55. The number of ether oxygens (including phenoxy) is 1. The van der Waals surface area contributed by atoms with Crippen LogP contribution in [-0.2, 0) is 9.53 Å². The summed E-state index contributed by atoms with van der Waals surface area (Å²) in [5.41, 5.74) is 2.83. The first-order chi connectivity index (χ1) is 13.4. The zero-order chi connectivity index (χ0) is 20.5. The molecule has 0 aromatic heterocycles. The smallest absolute Gasteiger partial charge is 0.308 e. The fourth-order valence-electron chi connectivity index (χ4n) is 2.61. The Morgan fingerprint density at radius 1 is 1.00 bits per heavy atom. The van der Waals surface area contributed by atoms with E-state index in [1.54, 1.807) is 12.2 Å². The van der Waals surface area contributed by atoms with E-state index in [4.69, 9.17) is 23.2 Å². The molecule has 2 aromatic rings. The summed E-state index contributed by atoms with van der Waals surface area (Å²) in [6, 6.07) is 14.9. The topological polar surface area (TPSA) is 66.8 Å². The highest BCUT2D eigenvalue weighted by Crippen LogP contribution is 2.26. The quantitative estimate of drug-likeness (QED) is 0.481. The molecular formula is C22H22Cl2O4. The van der Waals surface area contributed by atoms with Crippen molar-refractivity contribution in [2.45, 2.75) is 25.0 Å². The fourth-order valence-corrected chi connectivity index (χ4v) is 2.87. The van der Waals surface area contributed by atoms with Gasteiger partial charge >= 0.3 is 5.97 Å². The van der Waals surface area contributed by atoms with Gasteiger partial charge in [-0.1, -0.05) is 65.7 Å². The largest absolute Gasteiger partial charge is 0.469 e. The molecule has 0 saturated carbocycles. The molecular weight excluding hydrogens is 399 g/mol. The number of esters is 1. The fraction of sp³-hybridized carbons (Fsp3) is 0.227. The first-order valence-corrected chi connectivity index (χ1v) is 9.48. The van der Waals surface area contributed by atoms with Gasteiger partial charge in [0.15, 0.2) is 0 Å². The lowest BCUT2D eigenvalue weighted by Gasteiger charge is -2.12. The van der Waals surface area contributed by atoms with E-state index in [2.05, 4.69) is 4.74 Å². The standard InChI is InChI=1S/C22H22Cl2O4/c1-28-22(27)14-20(26)13-19(25)3-2-4-21(15-5-9-17(23)10-6-15)16-7-11-18(24)12-8-16/h2-12,19-20,25-26H,13-14H2,1H3/b3-2+/t19-,20-/m1/s1. The highest BCUT2D eigenvalue weighted by Gasteiger charge is 2.14. The minimum atomic E-state index is -0.969. The Morgan fingerprint density at radius 2 is 1.50 bits per heavy atom. The van der Waals surface area contributed by atoms with Crippen LogP contribution in [0.3, 0.4) is 0 Å². The van der Waals surface area contributed by atoms with E-state index < -0.39 is 18.2 Å². The summed E-state index contributed by atoms with van der Waals surface area (Å²) in [7, 11) is 1.26. The second-order valence-corrected chi connectivity index (χ2v) is 7.09. The molecule has 28 heavy (non-hydrogen) atoms. The van der Waals surface area contributed by atoms with Gasteiger partial charge in [-0.2, -0.15) is 0 Å². The number of rotatable bonds is 8. The number of methoxy groups -OCH3 is 1. The molecule has 2 rings (SSSR count). The van der Waals surface area contributed by atoms with E-state index in [1.165, 1.54) is 7.11 Å². The Kier molecular flexibility index (Phi) is 8.74. The molecule has 0 radical (unpaired) electrons. The molecule has 0 fully saturated rings. The van der Waals surface area contributed by atoms with Gasteiger partial charge < -0.3 is 14.9 Å². The summed E-state index contributed by atoms with van der Waals surface area (Å²) in [5, 5.41) is 21.2. The maximum Gasteiger partial charge on any atom is 0.308 e. The molecule has 2 atom stereocenters. The molecule has 0 aliphatic rings. The molecule has 0 bridgehead atoms. The summed E-state index contributed by atoms with van der Waals surface area (Å²) >= 11 is 12.0. The molecule has 4 nitrogen and oxygen atoms in total. The van der Waals surface area contributed by atoms with Crippen LogP contribution >= 0.6 is 23.2 Å². The molecule has 2 N–H and O–H groups in total. The minimum Gasteiger partial charge on any atom is -0.469 e. The van der Waals surface area contributed by atoms with Crippen LogP contribution in [0.15, 0.2) is 66.8 Å². The Hall–Kier alpha value is -2.11. The van der Waals surface area contributed by atoms with Crippen LogP contribution in [0.1, 0.15) is 24.0 Å². The van der Waals surface area contributed by atoms with Gasteiger partial charge in [0, 0.05) is 16.5 Å². The molecule has 0 saturated heterocycles. The molecule has 6 heteroatoms. The molecule has 0 amide bonds. The summed E-state index contributed by atoms with van der Waals surface area (Å²) in [6.07, 6.45) is 3.16. The van der Waals surface area contributed by atoms with Crippen molar-refractivity contribution < 1.29 is 19.7 Å². The molecule has 148 valence electrons. The first kappa shape index (κ1) is 22.2. The number of carbonyl (C=O) groups excluding carboxylic acids is 1. The number of allylic oxidation sites excluding steroid dienone is 2. The van der Waals surface area contributed by atoms with Gasteiger partial charge in [0.05, 0.1) is 25.7 Å². The first-order valence-electron chi connectivity index (χ1n) is 8.72. The van der Waals surface area contributed by atoms with Crippen LogP contribution in [-0.4, -0.2) is 35.5 Å².